The predicted molar refractivity (Wildman–Crippen MR) is 115 cm³/mol. The monoisotopic (exact) mass is 375 g/mol. The summed E-state index contributed by atoms with van der Waals surface area (Å²) in [5.74, 6) is 1.83. The van der Waals surface area contributed by atoms with Gasteiger partial charge in [-0.25, -0.2) is 4.99 Å². The number of nitrogens with zero attached hydrogens (tertiary/aromatic N) is 3. The minimum atomic E-state index is 0.764. The smallest absolute Gasteiger partial charge is 0.183 e. The SMILES string of the molecule is Cc1noc(/C=C/c2ccccc2)c1N1CCCSC1=Nc1ccccc1. The van der Waals surface area contributed by atoms with Crippen molar-refractivity contribution in [2.75, 3.05) is 17.2 Å². The van der Waals surface area contributed by atoms with Gasteiger partial charge in [0.2, 0.25) is 0 Å². The Kier molecular flexibility index (Phi) is 5.39. The van der Waals surface area contributed by atoms with Crippen molar-refractivity contribution in [2.45, 2.75) is 13.3 Å². The molecule has 0 radical (unpaired) electrons. The molecule has 0 bridgehead atoms. The average Bonchev–Trinajstić information content (AvgIpc) is 3.09. The highest BCUT2D eigenvalue weighted by molar-refractivity contribution is 8.14. The summed E-state index contributed by atoms with van der Waals surface area (Å²) in [6.45, 7) is 2.89. The molecule has 0 unspecified atom stereocenters. The van der Waals surface area contributed by atoms with E-state index in [1.54, 1.807) is 11.8 Å². The van der Waals surface area contributed by atoms with Gasteiger partial charge < -0.3 is 9.42 Å². The molecule has 0 N–H and O–H groups in total. The zero-order chi connectivity index (χ0) is 18.5. The molecule has 4 nitrogen and oxygen atoms in total. The molecule has 1 aliphatic heterocycles. The maximum Gasteiger partial charge on any atom is 0.183 e. The van der Waals surface area contributed by atoms with E-state index >= 15 is 0 Å². The van der Waals surface area contributed by atoms with Gasteiger partial charge >= 0.3 is 0 Å². The van der Waals surface area contributed by atoms with Crippen LogP contribution in [-0.4, -0.2) is 22.6 Å². The second-order valence-corrected chi connectivity index (χ2v) is 7.37. The van der Waals surface area contributed by atoms with E-state index in [0.29, 0.717) is 0 Å². The van der Waals surface area contributed by atoms with Crippen LogP contribution in [0.25, 0.3) is 12.2 Å². The lowest BCUT2D eigenvalue weighted by atomic mass is 10.2. The van der Waals surface area contributed by atoms with Gasteiger partial charge in [0.15, 0.2) is 10.9 Å². The first-order valence-corrected chi connectivity index (χ1v) is 10.0. The first-order chi connectivity index (χ1) is 13.3. The summed E-state index contributed by atoms with van der Waals surface area (Å²) in [6, 6.07) is 20.3. The second kappa shape index (κ2) is 8.27. The predicted octanol–water partition coefficient (Wildman–Crippen LogP) is 5.78. The number of para-hydroxylation sites is 1. The van der Waals surface area contributed by atoms with Gasteiger partial charge in [-0.05, 0) is 37.1 Å². The molecule has 1 aliphatic rings. The van der Waals surface area contributed by atoms with Crippen molar-refractivity contribution < 1.29 is 4.52 Å². The molecule has 27 heavy (non-hydrogen) atoms. The van der Waals surface area contributed by atoms with E-state index in [-0.39, 0.29) is 0 Å². The third-order valence-electron chi connectivity index (χ3n) is 4.32. The quantitative estimate of drug-likeness (QED) is 0.579. The molecule has 0 spiro atoms. The third kappa shape index (κ3) is 4.14. The molecule has 136 valence electrons. The lowest BCUT2D eigenvalue weighted by molar-refractivity contribution is 0.408. The van der Waals surface area contributed by atoms with E-state index in [4.69, 9.17) is 9.52 Å². The van der Waals surface area contributed by atoms with Gasteiger partial charge in [-0.15, -0.1) is 0 Å². The van der Waals surface area contributed by atoms with E-state index in [9.17, 15) is 0 Å². The lowest BCUT2D eigenvalue weighted by Crippen LogP contribution is -2.34. The molecule has 1 saturated heterocycles. The number of aryl methyl sites for hydroxylation is 1. The fourth-order valence-corrected chi connectivity index (χ4v) is 3.99. The summed E-state index contributed by atoms with van der Waals surface area (Å²) in [4.78, 5) is 7.10. The van der Waals surface area contributed by atoms with Crippen LogP contribution in [0.15, 0.2) is 70.2 Å². The standard InChI is InChI=1S/C22H21N3OS/c1-17-21(20(26-24-17)14-13-18-9-4-2-5-10-18)25-15-8-16-27-22(25)23-19-11-6-3-7-12-19/h2-7,9-14H,8,15-16H2,1H3/b14-13+,23-22?. The average molecular weight is 375 g/mol. The summed E-state index contributed by atoms with van der Waals surface area (Å²) in [5.41, 5.74) is 3.97. The van der Waals surface area contributed by atoms with Crippen LogP contribution < -0.4 is 4.90 Å². The molecule has 1 fully saturated rings. The van der Waals surface area contributed by atoms with Gasteiger partial charge in [-0.3, -0.25) is 0 Å². The number of benzene rings is 2. The molecule has 5 heteroatoms. The fraction of sp³-hybridized carbons (Fsp3) is 0.182. The van der Waals surface area contributed by atoms with E-state index in [1.165, 1.54) is 0 Å². The van der Waals surface area contributed by atoms with E-state index < -0.39 is 0 Å². The van der Waals surface area contributed by atoms with Crippen molar-refractivity contribution in [3.8, 4) is 0 Å². The number of amidine groups is 1. The number of aliphatic imine (C=N–C) groups is 1. The maximum absolute atomic E-state index is 5.63. The molecule has 1 aromatic heterocycles. The number of hydrogen-bond acceptors (Lipinski definition) is 4. The van der Waals surface area contributed by atoms with Crippen LogP contribution in [0.2, 0.25) is 0 Å². The van der Waals surface area contributed by atoms with Crippen LogP contribution in [-0.2, 0) is 0 Å². The van der Waals surface area contributed by atoms with E-state index in [1.807, 2.05) is 61.5 Å². The zero-order valence-electron chi connectivity index (χ0n) is 15.2. The normalized spacial score (nSPS) is 16.3. The van der Waals surface area contributed by atoms with Crippen molar-refractivity contribution in [3.05, 3.63) is 77.7 Å². The number of aromatic nitrogens is 1. The first-order valence-electron chi connectivity index (χ1n) is 9.05. The van der Waals surface area contributed by atoms with Crippen LogP contribution in [0.5, 0.6) is 0 Å². The van der Waals surface area contributed by atoms with E-state index in [2.05, 4.69) is 28.3 Å². The van der Waals surface area contributed by atoms with Crippen molar-refractivity contribution in [1.82, 2.24) is 5.16 Å². The summed E-state index contributed by atoms with van der Waals surface area (Å²) < 4.78 is 5.63. The van der Waals surface area contributed by atoms with Crippen LogP contribution in [0.4, 0.5) is 11.4 Å². The van der Waals surface area contributed by atoms with Crippen molar-refractivity contribution in [3.63, 3.8) is 0 Å². The molecular weight excluding hydrogens is 354 g/mol. The van der Waals surface area contributed by atoms with Gasteiger partial charge in [0.25, 0.3) is 0 Å². The summed E-state index contributed by atoms with van der Waals surface area (Å²) in [7, 11) is 0. The molecule has 0 atom stereocenters. The van der Waals surface area contributed by atoms with Crippen LogP contribution in [0.1, 0.15) is 23.4 Å². The molecule has 0 aliphatic carbocycles. The third-order valence-corrected chi connectivity index (χ3v) is 5.39. The summed E-state index contributed by atoms with van der Waals surface area (Å²) in [5, 5.41) is 5.21. The Hall–Kier alpha value is -2.79. The Labute approximate surface area is 163 Å². The topological polar surface area (TPSA) is 41.6 Å². The molecule has 0 saturated carbocycles. The summed E-state index contributed by atoms with van der Waals surface area (Å²) in [6.07, 6.45) is 5.14. The van der Waals surface area contributed by atoms with Gasteiger partial charge in [-0.2, -0.15) is 0 Å². The number of rotatable bonds is 4. The van der Waals surface area contributed by atoms with Crippen LogP contribution >= 0.6 is 11.8 Å². The first kappa shape index (κ1) is 17.6. The van der Waals surface area contributed by atoms with E-state index in [0.717, 1.165) is 52.3 Å². The Morgan fingerprint density at radius 3 is 2.56 bits per heavy atom. The molecule has 0 amide bonds. The zero-order valence-corrected chi connectivity index (χ0v) is 16.0. The second-order valence-electron chi connectivity index (χ2n) is 6.31. The van der Waals surface area contributed by atoms with Gasteiger partial charge in [0.05, 0.1) is 5.69 Å². The van der Waals surface area contributed by atoms with Crippen LogP contribution in [0.3, 0.4) is 0 Å². The molecular formula is C22H21N3OS. The summed E-state index contributed by atoms with van der Waals surface area (Å²) >= 11 is 1.78. The van der Waals surface area contributed by atoms with Gasteiger partial charge in [0.1, 0.15) is 11.4 Å². The van der Waals surface area contributed by atoms with Gasteiger partial charge in [0, 0.05) is 12.3 Å². The molecule has 2 heterocycles. The molecule has 3 aromatic rings. The van der Waals surface area contributed by atoms with Crippen molar-refractivity contribution in [1.29, 1.82) is 0 Å². The minimum Gasteiger partial charge on any atom is -0.354 e. The van der Waals surface area contributed by atoms with Crippen molar-refractivity contribution in [2.24, 2.45) is 4.99 Å². The number of anilines is 1. The highest BCUT2D eigenvalue weighted by Gasteiger charge is 2.25. The van der Waals surface area contributed by atoms with Crippen molar-refractivity contribution >= 4 is 40.5 Å². The Morgan fingerprint density at radius 2 is 1.78 bits per heavy atom. The Morgan fingerprint density at radius 1 is 1.04 bits per heavy atom. The Bertz CT molecular complexity index is 948. The lowest BCUT2D eigenvalue weighted by Gasteiger charge is -2.29. The molecule has 2 aromatic carbocycles. The largest absolute Gasteiger partial charge is 0.354 e. The Balaban J connectivity index is 1.68. The maximum atomic E-state index is 5.63. The fourth-order valence-electron chi connectivity index (χ4n) is 3.03. The number of thioether (sulfide) groups is 1. The number of hydrogen-bond donors (Lipinski definition) is 0. The highest BCUT2D eigenvalue weighted by Crippen LogP contribution is 2.33. The van der Waals surface area contributed by atoms with Gasteiger partial charge in [-0.1, -0.05) is 71.5 Å². The minimum absolute atomic E-state index is 0.764. The highest BCUT2D eigenvalue weighted by atomic mass is 32.2. The molecule has 4 rings (SSSR count). The van der Waals surface area contributed by atoms with Crippen LogP contribution in [0, 0.1) is 6.92 Å².